The summed E-state index contributed by atoms with van der Waals surface area (Å²) in [6.07, 6.45) is 2.79. The van der Waals surface area contributed by atoms with Crippen molar-refractivity contribution in [3.05, 3.63) is 18.0 Å². The van der Waals surface area contributed by atoms with Crippen molar-refractivity contribution in [2.45, 2.75) is 19.4 Å². The zero-order valence-corrected chi connectivity index (χ0v) is 6.41. The van der Waals surface area contributed by atoms with Crippen LogP contribution < -0.4 is 5.73 Å². The topological polar surface area (TPSA) is 43.8 Å². The van der Waals surface area contributed by atoms with E-state index < -0.39 is 0 Å². The highest BCUT2D eigenvalue weighted by atomic mass is 15.2. The molecule has 0 spiro atoms. The molecular formula is C7H13N3. The van der Waals surface area contributed by atoms with Crippen LogP contribution in [0.25, 0.3) is 0 Å². The van der Waals surface area contributed by atoms with Gasteiger partial charge in [0.1, 0.15) is 0 Å². The molecule has 0 saturated heterocycles. The molecule has 3 nitrogen and oxygen atoms in total. The first-order chi connectivity index (χ1) is 4.68. The van der Waals surface area contributed by atoms with Gasteiger partial charge in [-0.25, -0.2) is 0 Å². The van der Waals surface area contributed by atoms with E-state index in [2.05, 4.69) is 5.10 Å². The Kier molecular flexibility index (Phi) is 2.06. The molecule has 0 aliphatic heterocycles. The van der Waals surface area contributed by atoms with Gasteiger partial charge in [0.25, 0.3) is 0 Å². The molecule has 0 aliphatic rings. The molecular weight excluding hydrogens is 126 g/mol. The largest absolute Gasteiger partial charge is 0.328 e. The van der Waals surface area contributed by atoms with Crippen LogP contribution >= 0.6 is 0 Å². The van der Waals surface area contributed by atoms with Crippen molar-refractivity contribution >= 4 is 0 Å². The van der Waals surface area contributed by atoms with Gasteiger partial charge in [-0.3, -0.25) is 4.68 Å². The minimum atomic E-state index is 0.204. The molecule has 0 fully saturated rings. The minimum Gasteiger partial charge on any atom is -0.328 e. The lowest BCUT2D eigenvalue weighted by Gasteiger charge is -1.98. The Labute approximate surface area is 60.8 Å². The zero-order chi connectivity index (χ0) is 7.56. The van der Waals surface area contributed by atoms with Crippen molar-refractivity contribution in [3.8, 4) is 0 Å². The lowest BCUT2D eigenvalue weighted by molar-refractivity contribution is 0.685. The molecule has 1 atom stereocenters. The van der Waals surface area contributed by atoms with E-state index in [9.17, 15) is 0 Å². The van der Waals surface area contributed by atoms with Crippen molar-refractivity contribution < 1.29 is 0 Å². The highest BCUT2D eigenvalue weighted by molar-refractivity contribution is 5.00. The lowest BCUT2D eigenvalue weighted by atomic mass is 10.2. The molecule has 1 rings (SSSR count). The molecule has 3 heteroatoms. The first kappa shape index (κ1) is 7.28. The normalized spacial score (nSPS) is 13.5. The number of hydrogen-bond acceptors (Lipinski definition) is 2. The van der Waals surface area contributed by atoms with Gasteiger partial charge in [0, 0.05) is 25.7 Å². The van der Waals surface area contributed by atoms with Crippen LogP contribution in [0.1, 0.15) is 12.6 Å². The Bertz CT molecular complexity index is 202. The smallest absolute Gasteiger partial charge is 0.0639 e. The maximum atomic E-state index is 5.58. The molecule has 0 amide bonds. The number of aryl methyl sites for hydroxylation is 1. The second kappa shape index (κ2) is 2.84. The summed E-state index contributed by atoms with van der Waals surface area (Å²) in [7, 11) is 1.91. The second-order valence-corrected chi connectivity index (χ2v) is 2.66. The number of rotatable bonds is 2. The van der Waals surface area contributed by atoms with Gasteiger partial charge in [0.15, 0.2) is 0 Å². The van der Waals surface area contributed by atoms with E-state index in [1.54, 1.807) is 4.68 Å². The number of hydrogen-bond donors (Lipinski definition) is 1. The fourth-order valence-electron chi connectivity index (χ4n) is 0.902. The van der Waals surface area contributed by atoms with E-state index in [0.29, 0.717) is 0 Å². The predicted molar refractivity (Wildman–Crippen MR) is 40.6 cm³/mol. The number of aromatic nitrogens is 2. The third-order valence-corrected chi connectivity index (χ3v) is 1.30. The molecule has 56 valence electrons. The monoisotopic (exact) mass is 139 g/mol. The van der Waals surface area contributed by atoms with Crippen LogP contribution in [0, 0.1) is 0 Å². The maximum absolute atomic E-state index is 5.58. The van der Waals surface area contributed by atoms with Crippen LogP contribution in [0.3, 0.4) is 0 Å². The Morgan fingerprint density at radius 1 is 1.80 bits per heavy atom. The van der Waals surface area contributed by atoms with Gasteiger partial charge in [-0.05, 0) is 13.0 Å². The predicted octanol–water partition coefficient (Wildman–Crippen LogP) is 0.310. The molecule has 0 saturated carbocycles. The third-order valence-electron chi connectivity index (χ3n) is 1.30. The van der Waals surface area contributed by atoms with Gasteiger partial charge < -0.3 is 5.73 Å². The standard InChI is InChI=1S/C7H13N3/c1-6(8)5-7-3-4-10(2)9-7/h3-4,6H,5,8H2,1-2H3. The van der Waals surface area contributed by atoms with Crippen molar-refractivity contribution in [3.63, 3.8) is 0 Å². The van der Waals surface area contributed by atoms with Crippen LogP contribution in [0.2, 0.25) is 0 Å². The molecule has 0 aliphatic carbocycles. The average Bonchev–Trinajstić information content (AvgIpc) is 2.13. The summed E-state index contributed by atoms with van der Waals surface area (Å²) < 4.78 is 1.79. The number of nitrogens with zero attached hydrogens (tertiary/aromatic N) is 2. The summed E-state index contributed by atoms with van der Waals surface area (Å²) in [6.45, 7) is 1.98. The minimum absolute atomic E-state index is 0.204. The summed E-state index contributed by atoms with van der Waals surface area (Å²) in [5.41, 5.74) is 6.65. The van der Waals surface area contributed by atoms with Gasteiger partial charge in [0.05, 0.1) is 5.69 Å². The van der Waals surface area contributed by atoms with Gasteiger partial charge in [-0.1, -0.05) is 0 Å². The van der Waals surface area contributed by atoms with Gasteiger partial charge in [-0.15, -0.1) is 0 Å². The molecule has 1 aromatic heterocycles. The Morgan fingerprint density at radius 2 is 2.50 bits per heavy atom. The first-order valence-corrected chi connectivity index (χ1v) is 3.42. The highest BCUT2D eigenvalue weighted by Gasteiger charge is 1.98. The van der Waals surface area contributed by atoms with E-state index in [0.717, 1.165) is 12.1 Å². The first-order valence-electron chi connectivity index (χ1n) is 3.42. The molecule has 0 aromatic carbocycles. The molecule has 2 N–H and O–H groups in total. The summed E-state index contributed by atoms with van der Waals surface area (Å²) in [6, 6.07) is 2.19. The van der Waals surface area contributed by atoms with Crippen molar-refractivity contribution in [2.75, 3.05) is 0 Å². The van der Waals surface area contributed by atoms with Crippen LogP contribution in [0.5, 0.6) is 0 Å². The van der Waals surface area contributed by atoms with Gasteiger partial charge >= 0.3 is 0 Å². The Balaban J connectivity index is 2.58. The summed E-state index contributed by atoms with van der Waals surface area (Å²) in [5, 5.41) is 4.19. The number of nitrogens with two attached hydrogens (primary N) is 1. The van der Waals surface area contributed by atoms with Crippen LogP contribution in [0.15, 0.2) is 12.3 Å². The Morgan fingerprint density at radius 3 is 2.90 bits per heavy atom. The van der Waals surface area contributed by atoms with E-state index in [4.69, 9.17) is 5.73 Å². The molecule has 0 radical (unpaired) electrons. The molecule has 1 heterocycles. The van der Waals surface area contributed by atoms with Crippen molar-refractivity contribution in [1.29, 1.82) is 0 Å². The van der Waals surface area contributed by atoms with E-state index in [-0.39, 0.29) is 6.04 Å². The quantitative estimate of drug-likeness (QED) is 0.640. The van der Waals surface area contributed by atoms with Crippen LogP contribution in [-0.4, -0.2) is 15.8 Å². The average molecular weight is 139 g/mol. The van der Waals surface area contributed by atoms with Crippen molar-refractivity contribution in [1.82, 2.24) is 9.78 Å². The summed E-state index contributed by atoms with van der Waals surface area (Å²) in [4.78, 5) is 0. The van der Waals surface area contributed by atoms with Gasteiger partial charge in [-0.2, -0.15) is 5.10 Å². The molecule has 1 aromatic rings. The molecule has 1 unspecified atom stereocenters. The lowest BCUT2D eigenvalue weighted by Crippen LogP contribution is -2.18. The summed E-state index contributed by atoms with van der Waals surface area (Å²) in [5.74, 6) is 0. The van der Waals surface area contributed by atoms with Crippen molar-refractivity contribution in [2.24, 2.45) is 12.8 Å². The van der Waals surface area contributed by atoms with Crippen LogP contribution in [-0.2, 0) is 13.5 Å². The SMILES string of the molecule is CC(N)Cc1ccn(C)n1. The maximum Gasteiger partial charge on any atom is 0.0639 e. The Hall–Kier alpha value is -0.830. The zero-order valence-electron chi connectivity index (χ0n) is 6.41. The second-order valence-electron chi connectivity index (χ2n) is 2.66. The fourth-order valence-corrected chi connectivity index (χ4v) is 0.902. The van der Waals surface area contributed by atoms with E-state index in [1.165, 1.54) is 0 Å². The van der Waals surface area contributed by atoms with E-state index in [1.807, 2.05) is 26.2 Å². The fraction of sp³-hybridized carbons (Fsp3) is 0.571. The highest BCUT2D eigenvalue weighted by Crippen LogP contribution is 1.96. The van der Waals surface area contributed by atoms with Crippen LogP contribution in [0.4, 0.5) is 0 Å². The van der Waals surface area contributed by atoms with Gasteiger partial charge in [0.2, 0.25) is 0 Å². The summed E-state index contributed by atoms with van der Waals surface area (Å²) >= 11 is 0. The molecule has 10 heavy (non-hydrogen) atoms. The molecule has 0 bridgehead atoms. The third kappa shape index (κ3) is 1.84. The van der Waals surface area contributed by atoms with E-state index >= 15 is 0 Å².